The molecule has 0 amide bonds. The van der Waals surface area contributed by atoms with Gasteiger partial charge >= 0.3 is 0 Å². The van der Waals surface area contributed by atoms with E-state index in [1.807, 2.05) is 23.9 Å². The minimum Gasteiger partial charge on any atom is -0.370 e. The normalized spacial score (nSPS) is 14.2. The van der Waals surface area contributed by atoms with Crippen LogP contribution in [0.1, 0.15) is 25.8 Å². The van der Waals surface area contributed by atoms with Crippen LogP contribution in [0.5, 0.6) is 0 Å². The Balaban J connectivity index is 3.03. The first-order chi connectivity index (χ1) is 9.01. The number of rotatable bonds is 7. The monoisotopic (exact) mass is 300 g/mol. The number of para-hydroxylation sites is 1. The molecule has 0 saturated carbocycles. The van der Waals surface area contributed by atoms with E-state index < -0.39 is 0 Å². The summed E-state index contributed by atoms with van der Waals surface area (Å²) >= 11 is 8.26. The van der Waals surface area contributed by atoms with E-state index in [1.54, 1.807) is 0 Å². The first kappa shape index (κ1) is 16.7. The maximum Gasteiger partial charge on any atom is 0.0642 e. The summed E-state index contributed by atoms with van der Waals surface area (Å²) in [5, 5.41) is 0.816. The molecule has 2 N–H and O–H groups in total. The molecule has 2 unspecified atom stereocenters. The van der Waals surface area contributed by atoms with E-state index in [0.717, 1.165) is 29.3 Å². The molecule has 108 valence electrons. The second kappa shape index (κ2) is 8.03. The molecule has 4 heteroatoms. The fourth-order valence-electron chi connectivity index (χ4n) is 2.12. The molecule has 0 spiro atoms. The van der Waals surface area contributed by atoms with Crippen molar-refractivity contribution in [2.45, 2.75) is 38.8 Å². The van der Waals surface area contributed by atoms with Gasteiger partial charge in [-0.05, 0) is 37.7 Å². The summed E-state index contributed by atoms with van der Waals surface area (Å²) in [6, 6.07) is 6.75. The van der Waals surface area contributed by atoms with E-state index >= 15 is 0 Å². The fourth-order valence-corrected chi connectivity index (χ4v) is 3.15. The van der Waals surface area contributed by atoms with Crippen molar-refractivity contribution in [2.75, 3.05) is 24.0 Å². The van der Waals surface area contributed by atoms with Crippen LogP contribution >= 0.6 is 23.4 Å². The Labute approximate surface area is 126 Å². The number of halogens is 1. The van der Waals surface area contributed by atoms with Crippen molar-refractivity contribution in [3.63, 3.8) is 0 Å². The molecule has 0 aliphatic carbocycles. The smallest absolute Gasteiger partial charge is 0.0642 e. The molecule has 1 aromatic rings. The number of benzene rings is 1. The quantitative estimate of drug-likeness (QED) is 0.830. The summed E-state index contributed by atoms with van der Waals surface area (Å²) in [5.41, 5.74) is 8.47. The van der Waals surface area contributed by atoms with Crippen molar-refractivity contribution in [3.8, 4) is 0 Å². The second-order valence-electron chi connectivity index (χ2n) is 5.04. The molecular weight excluding hydrogens is 276 g/mol. The van der Waals surface area contributed by atoms with Gasteiger partial charge in [0.2, 0.25) is 0 Å². The average molecular weight is 301 g/mol. The summed E-state index contributed by atoms with van der Waals surface area (Å²) in [4.78, 5) is 2.27. The van der Waals surface area contributed by atoms with Crippen LogP contribution in [-0.4, -0.2) is 31.1 Å². The third-order valence-electron chi connectivity index (χ3n) is 3.50. The highest BCUT2D eigenvalue weighted by atomic mass is 35.5. The lowest BCUT2D eigenvalue weighted by Gasteiger charge is -2.30. The van der Waals surface area contributed by atoms with Gasteiger partial charge in [0.25, 0.3) is 0 Å². The van der Waals surface area contributed by atoms with Gasteiger partial charge in [-0.3, -0.25) is 0 Å². The highest BCUT2D eigenvalue weighted by Crippen LogP contribution is 2.31. The average Bonchev–Trinajstić information content (AvgIpc) is 2.38. The number of thioether (sulfide) groups is 1. The minimum absolute atomic E-state index is 0.196. The van der Waals surface area contributed by atoms with Crippen molar-refractivity contribution < 1.29 is 0 Å². The van der Waals surface area contributed by atoms with E-state index in [1.165, 1.54) is 5.56 Å². The molecule has 0 aromatic heterocycles. The van der Waals surface area contributed by atoms with Crippen LogP contribution < -0.4 is 10.6 Å². The Bertz CT molecular complexity index is 398. The standard InChI is InChI=1S/C15H25ClN2S/c1-5-13(17)9-12-7-6-8-14(16)15(12)18(3)11(2)10-19-4/h6-8,11,13H,5,9-10,17H2,1-4H3. The summed E-state index contributed by atoms with van der Waals surface area (Å²) in [6.07, 6.45) is 3.99. The first-order valence-corrected chi connectivity index (χ1v) is 8.53. The molecule has 1 rings (SSSR count). The highest BCUT2D eigenvalue weighted by molar-refractivity contribution is 7.98. The number of anilines is 1. The van der Waals surface area contributed by atoms with Gasteiger partial charge in [0.05, 0.1) is 10.7 Å². The lowest BCUT2D eigenvalue weighted by atomic mass is 10.0. The summed E-state index contributed by atoms with van der Waals surface area (Å²) in [6.45, 7) is 4.35. The molecule has 0 saturated heterocycles. The largest absolute Gasteiger partial charge is 0.370 e. The Morgan fingerprint density at radius 1 is 1.42 bits per heavy atom. The molecule has 0 heterocycles. The zero-order chi connectivity index (χ0) is 14.4. The highest BCUT2D eigenvalue weighted by Gasteiger charge is 2.17. The summed E-state index contributed by atoms with van der Waals surface area (Å²) in [7, 11) is 2.11. The molecule has 1 aromatic carbocycles. The molecule has 0 radical (unpaired) electrons. The third kappa shape index (κ3) is 4.59. The maximum atomic E-state index is 6.41. The van der Waals surface area contributed by atoms with E-state index in [0.29, 0.717) is 6.04 Å². The van der Waals surface area contributed by atoms with Crippen LogP contribution in [0, 0.1) is 0 Å². The second-order valence-corrected chi connectivity index (χ2v) is 6.35. The van der Waals surface area contributed by atoms with Crippen molar-refractivity contribution in [2.24, 2.45) is 5.73 Å². The minimum atomic E-state index is 0.196. The third-order valence-corrected chi connectivity index (χ3v) is 4.62. The van der Waals surface area contributed by atoms with Gasteiger partial charge in [-0.15, -0.1) is 0 Å². The predicted molar refractivity (Wildman–Crippen MR) is 89.7 cm³/mol. The maximum absolute atomic E-state index is 6.41. The van der Waals surface area contributed by atoms with Gasteiger partial charge in [0.15, 0.2) is 0 Å². The van der Waals surface area contributed by atoms with E-state index in [2.05, 4.69) is 38.1 Å². The SMILES string of the molecule is CCC(N)Cc1cccc(Cl)c1N(C)C(C)CSC. The van der Waals surface area contributed by atoms with Gasteiger partial charge in [-0.2, -0.15) is 11.8 Å². The number of hydrogen-bond donors (Lipinski definition) is 1. The Morgan fingerprint density at radius 2 is 2.11 bits per heavy atom. The van der Waals surface area contributed by atoms with Gasteiger partial charge < -0.3 is 10.6 Å². The lowest BCUT2D eigenvalue weighted by Crippen LogP contribution is -2.32. The molecule has 0 fully saturated rings. The van der Waals surface area contributed by atoms with Crippen molar-refractivity contribution >= 4 is 29.1 Å². The number of nitrogens with zero attached hydrogens (tertiary/aromatic N) is 1. The molecule has 0 bridgehead atoms. The number of hydrogen-bond acceptors (Lipinski definition) is 3. The van der Waals surface area contributed by atoms with Gasteiger partial charge in [0.1, 0.15) is 0 Å². The summed E-state index contributed by atoms with van der Waals surface area (Å²) in [5.74, 6) is 1.08. The van der Waals surface area contributed by atoms with Crippen molar-refractivity contribution in [1.82, 2.24) is 0 Å². The van der Waals surface area contributed by atoms with Crippen LogP contribution in [0.15, 0.2) is 18.2 Å². The zero-order valence-corrected chi connectivity index (χ0v) is 13.9. The van der Waals surface area contributed by atoms with Crippen LogP contribution in [-0.2, 0) is 6.42 Å². The van der Waals surface area contributed by atoms with Gasteiger partial charge in [-0.25, -0.2) is 0 Å². The van der Waals surface area contributed by atoms with Crippen LogP contribution in [0.2, 0.25) is 5.02 Å². The molecule has 0 aliphatic rings. The molecular formula is C15H25ClN2S. The molecule has 19 heavy (non-hydrogen) atoms. The van der Waals surface area contributed by atoms with E-state index in [-0.39, 0.29) is 6.04 Å². The fraction of sp³-hybridized carbons (Fsp3) is 0.600. The van der Waals surface area contributed by atoms with Crippen LogP contribution in [0.3, 0.4) is 0 Å². The van der Waals surface area contributed by atoms with Crippen molar-refractivity contribution in [1.29, 1.82) is 0 Å². The number of nitrogens with two attached hydrogens (primary N) is 1. The van der Waals surface area contributed by atoms with Crippen LogP contribution in [0.4, 0.5) is 5.69 Å². The first-order valence-electron chi connectivity index (χ1n) is 6.76. The molecule has 0 aliphatic heterocycles. The Hall–Kier alpha value is -0.380. The van der Waals surface area contributed by atoms with Crippen molar-refractivity contribution in [3.05, 3.63) is 28.8 Å². The van der Waals surface area contributed by atoms with E-state index in [4.69, 9.17) is 17.3 Å². The zero-order valence-electron chi connectivity index (χ0n) is 12.3. The topological polar surface area (TPSA) is 29.3 Å². The lowest BCUT2D eigenvalue weighted by molar-refractivity contribution is 0.643. The predicted octanol–water partition coefficient (Wildman–Crippen LogP) is 3.81. The molecule has 2 nitrogen and oxygen atoms in total. The Kier molecular flexibility index (Phi) is 7.05. The van der Waals surface area contributed by atoms with Gasteiger partial charge in [0, 0.05) is 24.9 Å². The van der Waals surface area contributed by atoms with E-state index in [9.17, 15) is 0 Å². The molecule has 2 atom stereocenters. The Morgan fingerprint density at radius 3 is 2.68 bits per heavy atom. The van der Waals surface area contributed by atoms with Crippen LogP contribution in [0.25, 0.3) is 0 Å². The van der Waals surface area contributed by atoms with Gasteiger partial charge in [-0.1, -0.05) is 30.7 Å². The summed E-state index contributed by atoms with van der Waals surface area (Å²) < 4.78 is 0.